The van der Waals surface area contributed by atoms with Crippen molar-refractivity contribution < 1.29 is 33.3 Å². The smallest absolute Gasteiger partial charge is 0.303 e. The number of nitrogens with zero attached hydrogens (tertiary/aromatic N) is 1. The average Bonchev–Trinajstić information content (AvgIpc) is 2.61. The lowest BCUT2D eigenvalue weighted by Crippen LogP contribution is -2.48. The van der Waals surface area contributed by atoms with Crippen LogP contribution in [-0.2, 0) is 33.3 Å². The fourth-order valence-electron chi connectivity index (χ4n) is 2.92. The second-order valence-electron chi connectivity index (χ2n) is 6.67. The molecule has 29 heavy (non-hydrogen) atoms. The summed E-state index contributed by atoms with van der Waals surface area (Å²) in [5.41, 5.74) is 2.77. The molecule has 156 valence electrons. The maximum absolute atomic E-state index is 11.5. The first-order valence-electron chi connectivity index (χ1n) is 9.14. The lowest BCUT2D eigenvalue weighted by atomic mass is 10.0. The van der Waals surface area contributed by atoms with Gasteiger partial charge in [0.25, 0.3) is 0 Å². The fraction of sp³-hybridized carbons (Fsp3) is 0.429. The highest BCUT2D eigenvalue weighted by atomic mass is 16.6. The highest BCUT2D eigenvalue weighted by Gasteiger charge is 2.40. The van der Waals surface area contributed by atoms with E-state index in [0.717, 1.165) is 16.8 Å². The largest absolute Gasteiger partial charge is 0.481 e. The third kappa shape index (κ3) is 6.44. The highest BCUT2D eigenvalue weighted by molar-refractivity contribution is 5.80. The van der Waals surface area contributed by atoms with Crippen molar-refractivity contribution in [2.24, 2.45) is 4.99 Å². The maximum atomic E-state index is 11.5. The molecule has 0 aromatic heterocycles. The van der Waals surface area contributed by atoms with Gasteiger partial charge in [0, 0.05) is 26.8 Å². The Labute approximate surface area is 169 Å². The second kappa shape index (κ2) is 9.86. The number of carbonyl (C=O) groups excluding carboxylic acids is 3. The number of carbonyl (C=O) groups is 3. The van der Waals surface area contributed by atoms with Crippen LogP contribution in [0, 0.1) is 13.8 Å². The minimum atomic E-state index is -0.965. The number of hydrogen-bond donors (Lipinski definition) is 0. The first-order valence-corrected chi connectivity index (χ1v) is 9.14. The third-order valence-corrected chi connectivity index (χ3v) is 4.12. The lowest BCUT2D eigenvalue weighted by Gasteiger charge is -2.34. The van der Waals surface area contributed by atoms with E-state index in [1.54, 1.807) is 0 Å². The fourth-order valence-corrected chi connectivity index (χ4v) is 2.92. The summed E-state index contributed by atoms with van der Waals surface area (Å²) in [6, 6.07) is 5.82. The molecule has 0 unspecified atom stereocenters. The van der Waals surface area contributed by atoms with Gasteiger partial charge in [-0.15, -0.1) is 0 Å². The molecule has 8 nitrogen and oxygen atoms in total. The molecule has 8 heteroatoms. The van der Waals surface area contributed by atoms with Crippen molar-refractivity contribution in [3.05, 3.63) is 41.2 Å². The molecule has 0 radical (unpaired) electrons. The van der Waals surface area contributed by atoms with Crippen LogP contribution >= 0.6 is 0 Å². The van der Waals surface area contributed by atoms with Gasteiger partial charge in [0.05, 0.1) is 11.9 Å². The SMILES string of the molecule is CC(=O)OC[C@H]1OC(C=Nc2c(C)cccc2C)=C[C@@H](OC(C)=O)[C@@H]1OC(C)=O. The molecule has 1 aromatic carbocycles. The second-order valence-corrected chi connectivity index (χ2v) is 6.67. The van der Waals surface area contributed by atoms with Gasteiger partial charge >= 0.3 is 17.9 Å². The molecule has 0 spiro atoms. The van der Waals surface area contributed by atoms with Crippen molar-refractivity contribution in [2.75, 3.05) is 6.61 Å². The molecule has 2 rings (SSSR count). The van der Waals surface area contributed by atoms with Crippen molar-refractivity contribution in [1.82, 2.24) is 0 Å². The van der Waals surface area contributed by atoms with E-state index in [-0.39, 0.29) is 6.61 Å². The highest BCUT2D eigenvalue weighted by Crippen LogP contribution is 2.26. The molecular weight excluding hydrogens is 378 g/mol. The Kier molecular flexibility index (Phi) is 7.52. The van der Waals surface area contributed by atoms with Crippen LogP contribution in [0.2, 0.25) is 0 Å². The molecule has 1 aromatic rings. The van der Waals surface area contributed by atoms with E-state index in [0.29, 0.717) is 5.76 Å². The number of hydrogen-bond acceptors (Lipinski definition) is 8. The van der Waals surface area contributed by atoms with Crippen LogP contribution in [0.15, 0.2) is 35.0 Å². The molecule has 1 heterocycles. The van der Waals surface area contributed by atoms with E-state index >= 15 is 0 Å². The van der Waals surface area contributed by atoms with Crippen LogP contribution < -0.4 is 0 Å². The number of aliphatic imine (C=N–C) groups is 1. The zero-order chi connectivity index (χ0) is 21.6. The summed E-state index contributed by atoms with van der Waals surface area (Å²) in [5, 5.41) is 0. The Balaban J connectivity index is 2.35. The number of esters is 3. The van der Waals surface area contributed by atoms with Gasteiger partial charge in [-0.2, -0.15) is 0 Å². The number of para-hydroxylation sites is 1. The van der Waals surface area contributed by atoms with Crippen LogP contribution in [0.25, 0.3) is 0 Å². The number of benzene rings is 1. The maximum Gasteiger partial charge on any atom is 0.303 e. The molecule has 0 amide bonds. The summed E-state index contributed by atoms with van der Waals surface area (Å²) >= 11 is 0. The van der Waals surface area contributed by atoms with Gasteiger partial charge in [-0.25, -0.2) is 0 Å². The Morgan fingerprint density at radius 1 is 1.03 bits per heavy atom. The average molecular weight is 403 g/mol. The molecule has 0 bridgehead atoms. The van der Waals surface area contributed by atoms with Crippen molar-refractivity contribution in [3.8, 4) is 0 Å². The summed E-state index contributed by atoms with van der Waals surface area (Å²) in [4.78, 5) is 38.8. The van der Waals surface area contributed by atoms with Crippen molar-refractivity contribution in [2.45, 2.75) is 52.9 Å². The van der Waals surface area contributed by atoms with Gasteiger partial charge in [0.2, 0.25) is 0 Å². The molecule has 1 aliphatic rings. The van der Waals surface area contributed by atoms with E-state index < -0.39 is 36.2 Å². The minimum Gasteiger partial charge on any atom is -0.481 e. The lowest BCUT2D eigenvalue weighted by molar-refractivity contribution is -0.179. The summed E-state index contributed by atoms with van der Waals surface area (Å²) in [5.74, 6) is -1.34. The summed E-state index contributed by atoms with van der Waals surface area (Å²) in [6.45, 7) is 7.44. The van der Waals surface area contributed by atoms with E-state index in [4.69, 9.17) is 18.9 Å². The van der Waals surface area contributed by atoms with Gasteiger partial charge < -0.3 is 18.9 Å². The van der Waals surface area contributed by atoms with Crippen LogP contribution in [0.1, 0.15) is 31.9 Å². The number of allylic oxidation sites excluding steroid dienone is 1. The normalized spacial score (nSPS) is 21.1. The molecule has 0 N–H and O–H groups in total. The quantitative estimate of drug-likeness (QED) is 0.409. The summed E-state index contributed by atoms with van der Waals surface area (Å²) in [6.07, 6.45) is 0.266. The van der Waals surface area contributed by atoms with Crippen molar-refractivity contribution in [1.29, 1.82) is 0 Å². The Morgan fingerprint density at radius 3 is 2.21 bits per heavy atom. The zero-order valence-electron chi connectivity index (χ0n) is 17.1. The van der Waals surface area contributed by atoms with Gasteiger partial charge in [-0.3, -0.25) is 19.4 Å². The predicted octanol–water partition coefficient (Wildman–Crippen LogP) is 2.71. The van der Waals surface area contributed by atoms with Gasteiger partial charge in [-0.05, 0) is 25.0 Å². The van der Waals surface area contributed by atoms with Crippen LogP contribution in [0.3, 0.4) is 0 Å². The monoisotopic (exact) mass is 403 g/mol. The minimum absolute atomic E-state index is 0.181. The standard InChI is InChI=1S/C21H25NO7/c1-12-7-6-8-13(2)20(12)22-10-17-9-18(27-15(4)24)21(28-16(5)25)19(29-17)11-26-14(3)23/h6-10,18-19,21H,11H2,1-5H3/t18-,19-,21+/m1/s1. The van der Waals surface area contributed by atoms with E-state index in [1.165, 1.54) is 33.1 Å². The Hall–Kier alpha value is -3.16. The van der Waals surface area contributed by atoms with Crippen LogP contribution in [-0.4, -0.2) is 49.0 Å². The predicted molar refractivity (Wildman–Crippen MR) is 105 cm³/mol. The molecular formula is C21H25NO7. The van der Waals surface area contributed by atoms with Crippen LogP contribution in [0.4, 0.5) is 5.69 Å². The number of aryl methyl sites for hydroxylation is 2. The topological polar surface area (TPSA) is 100 Å². The molecule has 0 saturated carbocycles. The van der Waals surface area contributed by atoms with Gasteiger partial charge in [-0.1, -0.05) is 18.2 Å². The summed E-state index contributed by atoms with van der Waals surface area (Å²) in [7, 11) is 0. The first kappa shape index (κ1) is 22.1. The molecule has 0 fully saturated rings. The van der Waals surface area contributed by atoms with Crippen LogP contribution in [0.5, 0.6) is 0 Å². The number of ether oxygens (including phenoxy) is 4. The molecule has 1 aliphatic heterocycles. The first-order chi connectivity index (χ1) is 13.7. The van der Waals surface area contributed by atoms with Gasteiger partial charge in [0.1, 0.15) is 12.4 Å². The van der Waals surface area contributed by atoms with Crippen molar-refractivity contribution >= 4 is 29.8 Å². The Morgan fingerprint density at radius 2 is 1.66 bits per heavy atom. The molecule has 0 saturated heterocycles. The summed E-state index contributed by atoms with van der Waals surface area (Å²) < 4.78 is 21.4. The molecule has 3 atom stereocenters. The van der Waals surface area contributed by atoms with E-state index in [2.05, 4.69) is 4.99 Å². The molecule has 0 aliphatic carbocycles. The van der Waals surface area contributed by atoms with Crippen molar-refractivity contribution in [3.63, 3.8) is 0 Å². The van der Waals surface area contributed by atoms with E-state index in [9.17, 15) is 14.4 Å². The third-order valence-electron chi connectivity index (χ3n) is 4.12. The Bertz CT molecular complexity index is 823. The van der Waals surface area contributed by atoms with Gasteiger partial charge in [0.15, 0.2) is 18.3 Å². The zero-order valence-corrected chi connectivity index (χ0v) is 17.1. The number of rotatable bonds is 6. The van der Waals surface area contributed by atoms with E-state index in [1.807, 2.05) is 32.0 Å².